The molecular weight excluding hydrogens is 392 g/mol. The van der Waals surface area contributed by atoms with Crippen molar-refractivity contribution in [3.05, 3.63) is 65.7 Å². The second kappa shape index (κ2) is 10.0. The molecule has 0 spiro atoms. The number of benzene rings is 2. The standard InChI is InChI=1S/C20H20N4O2S2/c1-2-12-21-19-23-24-20(28-19)27-13-17(25)22-16-11-7-6-10-15(16)18(26)14-8-4-3-5-9-14/h3-11H,2,12-13H2,1H3,(H,21,23)(H,22,25). The molecule has 1 amide bonds. The summed E-state index contributed by atoms with van der Waals surface area (Å²) in [5.41, 5.74) is 1.55. The summed E-state index contributed by atoms with van der Waals surface area (Å²) in [5.74, 6) is -0.132. The number of carbonyl (C=O) groups is 2. The van der Waals surface area contributed by atoms with E-state index in [4.69, 9.17) is 0 Å². The third-order valence-corrected chi connectivity index (χ3v) is 5.76. The zero-order chi connectivity index (χ0) is 19.8. The summed E-state index contributed by atoms with van der Waals surface area (Å²) in [6.45, 7) is 2.92. The third kappa shape index (κ3) is 5.40. The maximum atomic E-state index is 12.7. The van der Waals surface area contributed by atoms with Crippen molar-refractivity contribution in [2.45, 2.75) is 17.7 Å². The fraction of sp³-hybridized carbons (Fsp3) is 0.200. The van der Waals surface area contributed by atoms with Gasteiger partial charge in [0.05, 0.1) is 11.4 Å². The number of carbonyl (C=O) groups excluding carboxylic acids is 2. The minimum absolute atomic E-state index is 0.125. The molecule has 2 aromatic carbocycles. The Morgan fingerprint density at radius 2 is 1.79 bits per heavy atom. The van der Waals surface area contributed by atoms with Crippen LogP contribution >= 0.6 is 23.1 Å². The van der Waals surface area contributed by atoms with E-state index in [1.807, 2.05) is 18.2 Å². The van der Waals surface area contributed by atoms with E-state index in [1.54, 1.807) is 36.4 Å². The van der Waals surface area contributed by atoms with Gasteiger partial charge in [0.2, 0.25) is 11.0 Å². The van der Waals surface area contributed by atoms with E-state index in [0.29, 0.717) is 16.8 Å². The Morgan fingerprint density at radius 1 is 1.04 bits per heavy atom. The summed E-state index contributed by atoms with van der Waals surface area (Å²) in [7, 11) is 0. The van der Waals surface area contributed by atoms with Crippen molar-refractivity contribution in [3.63, 3.8) is 0 Å². The topological polar surface area (TPSA) is 84.0 Å². The number of anilines is 2. The van der Waals surface area contributed by atoms with Crippen LogP contribution in [0, 0.1) is 0 Å². The van der Waals surface area contributed by atoms with Gasteiger partial charge in [-0.3, -0.25) is 9.59 Å². The molecule has 0 atom stereocenters. The van der Waals surface area contributed by atoms with Gasteiger partial charge in [-0.05, 0) is 18.6 Å². The molecule has 8 heteroatoms. The lowest BCUT2D eigenvalue weighted by molar-refractivity contribution is -0.113. The molecule has 28 heavy (non-hydrogen) atoms. The van der Waals surface area contributed by atoms with Crippen molar-refractivity contribution in [3.8, 4) is 0 Å². The molecule has 6 nitrogen and oxygen atoms in total. The summed E-state index contributed by atoms with van der Waals surface area (Å²) >= 11 is 2.74. The van der Waals surface area contributed by atoms with Gasteiger partial charge in [-0.25, -0.2) is 0 Å². The summed E-state index contributed by atoms with van der Waals surface area (Å²) in [6.07, 6.45) is 1.01. The lowest BCUT2D eigenvalue weighted by Gasteiger charge is -2.10. The number of ketones is 1. The Kier molecular flexibility index (Phi) is 7.16. The zero-order valence-electron chi connectivity index (χ0n) is 15.3. The fourth-order valence-corrected chi connectivity index (χ4v) is 4.00. The van der Waals surface area contributed by atoms with Gasteiger partial charge in [0, 0.05) is 17.7 Å². The Morgan fingerprint density at radius 3 is 2.57 bits per heavy atom. The molecule has 0 aliphatic heterocycles. The van der Waals surface area contributed by atoms with Crippen LogP contribution in [0.15, 0.2) is 58.9 Å². The number of para-hydroxylation sites is 1. The van der Waals surface area contributed by atoms with E-state index in [2.05, 4.69) is 27.8 Å². The Balaban J connectivity index is 1.61. The quantitative estimate of drug-likeness (QED) is 0.402. The van der Waals surface area contributed by atoms with Gasteiger partial charge < -0.3 is 10.6 Å². The van der Waals surface area contributed by atoms with E-state index in [9.17, 15) is 9.59 Å². The average molecular weight is 413 g/mol. The van der Waals surface area contributed by atoms with Crippen LogP contribution in [0.25, 0.3) is 0 Å². The minimum atomic E-state index is -0.198. The van der Waals surface area contributed by atoms with E-state index < -0.39 is 0 Å². The molecule has 3 rings (SSSR count). The van der Waals surface area contributed by atoms with Crippen LogP contribution in [0.5, 0.6) is 0 Å². The summed E-state index contributed by atoms with van der Waals surface area (Å²) in [5, 5.41) is 14.9. The Hall–Kier alpha value is -2.71. The first kappa shape index (κ1) is 20.0. The van der Waals surface area contributed by atoms with Gasteiger partial charge in [0.1, 0.15) is 0 Å². The number of nitrogens with one attached hydrogen (secondary N) is 2. The van der Waals surface area contributed by atoms with E-state index in [0.717, 1.165) is 22.4 Å². The molecular formula is C20H20N4O2S2. The number of thioether (sulfide) groups is 1. The third-order valence-electron chi connectivity index (χ3n) is 3.74. The first-order valence-corrected chi connectivity index (χ1v) is 10.7. The molecule has 0 aliphatic rings. The number of nitrogens with zero attached hydrogens (tertiary/aromatic N) is 2. The summed E-state index contributed by atoms with van der Waals surface area (Å²) in [6, 6.07) is 16.0. The highest BCUT2D eigenvalue weighted by atomic mass is 32.2. The van der Waals surface area contributed by atoms with Gasteiger partial charge in [-0.1, -0.05) is 72.5 Å². The van der Waals surface area contributed by atoms with Crippen LogP contribution in [-0.4, -0.2) is 34.2 Å². The molecule has 2 N–H and O–H groups in total. The van der Waals surface area contributed by atoms with Crippen LogP contribution in [0.4, 0.5) is 10.8 Å². The summed E-state index contributed by atoms with van der Waals surface area (Å²) in [4.78, 5) is 25.1. The maximum Gasteiger partial charge on any atom is 0.234 e. The second-order valence-corrected chi connectivity index (χ2v) is 8.08. The van der Waals surface area contributed by atoms with Crippen LogP contribution in [0.2, 0.25) is 0 Å². The second-order valence-electron chi connectivity index (χ2n) is 5.88. The fourth-order valence-electron chi connectivity index (χ4n) is 2.42. The molecule has 0 fully saturated rings. The van der Waals surface area contributed by atoms with Crippen LogP contribution < -0.4 is 10.6 Å². The van der Waals surface area contributed by atoms with E-state index in [1.165, 1.54) is 23.1 Å². The van der Waals surface area contributed by atoms with Crippen molar-refractivity contribution in [2.24, 2.45) is 0 Å². The Bertz CT molecular complexity index is 944. The highest BCUT2D eigenvalue weighted by molar-refractivity contribution is 8.01. The lowest BCUT2D eigenvalue weighted by atomic mass is 10.0. The molecule has 0 aliphatic carbocycles. The van der Waals surface area contributed by atoms with Crippen LogP contribution in [-0.2, 0) is 4.79 Å². The van der Waals surface area contributed by atoms with Crippen LogP contribution in [0.3, 0.4) is 0 Å². The molecule has 0 unspecified atom stereocenters. The van der Waals surface area contributed by atoms with Gasteiger partial charge in [-0.2, -0.15) is 0 Å². The predicted octanol–water partition coefficient (Wildman–Crippen LogP) is 4.32. The number of aromatic nitrogens is 2. The highest BCUT2D eigenvalue weighted by Gasteiger charge is 2.15. The smallest absolute Gasteiger partial charge is 0.234 e. The zero-order valence-corrected chi connectivity index (χ0v) is 17.0. The van der Waals surface area contributed by atoms with Gasteiger partial charge in [0.15, 0.2) is 10.1 Å². The van der Waals surface area contributed by atoms with Crippen molar-refractivity contribution >= 4 is 45.6 Å². The maximum absolute atomic E-state index is 12.7. The number of hydrogen-bond acceptors (Lipinski definition) is 7. The molecule has 0 saturated heterocycles. The van der Waals surface area contributed by atoms with Crippen LogP contribution in [0.1, 0.15) is 29.3 Å². The Labute approximate surface area is 171 Å². The molecule has 144 valence electrons. The highest BCUT2D eigenvalue weighted by Crippen LogP contribution is 2.26. The minimum Gasteiger partial charge on any atom is -0.360 e. The van der Waals surface area contributed by atoms with E-state index >= 15 is 0 Å². The van der Waals surface area contributed by atoms with Crippen molar-refractivity contribution in [1.29, 1.82) is 0 Å². The average Bonchev–Trinajstić information content (AvgIpc) is 3.19. The lowest BCUT2D eigenvalue weighted by Crippen LogP contribution is -2.16. The SMILES string of the molecule is CCCNc1nnc(SCC(=O)Nc2ccccc2C(=O)c2ccccc2)s1. The van der Waals surface area contributed by atoms with Crippen molar-refractivity contribution in [1.82, 2.24) is 10.2 Å². The van der Waals surface area contributed by atoms with Crippen molar-refractivity contribution in [2.75, 3.05) is 22.9 Å². The number of hydrogen-bond donors (Lipinski definition) is 2. The monoisotopic (exact) mass is 412 g/mol. The van der Waals surface area contributed by atoms with Gasteiger partial charge in [-0.15, -0.1) is 10.2 Å². The number of amides is 1. The molecule has 1 heterocycles. The predicted molar refractivity (Wildman–Crippen MR) is 114 cm³/mol. The normalized spacial score (nSPS) is 10.5. The van der Waals surface area contributed by atoms with E-state index in [-0.39, 0.29) is 17.4 Å². The molecule has 0 radical (unpaired) electrons. The van der Waals surface area contributed by atoms with Gasteiger partial charge >= 0.3 is 0 Å². The molecule has 0 saturated carbocycles. The number of rotatable bonds is 9. The largest absolute Gasteiger partial charge is 0.360 e. The van der Waals surface area contributed by atoms with Crippen molar-refractivity contribution < 1.29 is 9.59 Å². The first-order chi connectivity index (χ1) is 13.7. The first-order valence-electron chi connectivity index (χ1n) is 8.86. The molecule has 0 bridgehead atoms. The summed E-state index contributed by atoms with van der Waals surface area (Å²) < 4.78 is 0.724. The van der Waals surface area contributed by atoms with Gasteiger partial charge in [0.25, 0.3) is 0 Å². The molecule has 1 aromatic heterocycles. The molecule has 3 aromatic rings.